The lowest BCUT2D eigenvalue weighted by Gasteiger charge is -2.16. The molecule has 108 valence electrons. The molecule has 3 nitrogen and oxygen atoms in total. The summed E-state index contributed by atoms with van der Waals surface area (Å²) in [6.07, 6.45) is 2.04. The molecule has 0 aliphatic carbocycles. The molecule has 1 atom stereocenters. The molecule has 2 rings (SSSR count). The van der Waals surface area contributed by atoms with E-state index in [1.165, 1.54) is 5.56 Å². The van der Waals surface area contributed by atoms with E-state index in [1.807, 2.05) is 16.9 Å². The van der Waals surface area contributed by atoms with Crippen molar-refractivity contribution in [2.24, 2.45) is 0 Å². The molecule has 1 aromatic carbocycles. The molecule has 0 aliphatic rings. The SMILES string of the molecule is Cc1cc(C)c(C(O)Cc2ccn(C(C)C)n2)c(C)c1. The first-order valence-electron chi connectivity index (χ1n) is 7.18. The molecular weight excluding hydrogens is 248 g/mol. The first kappa shape index (κ1) is 14.8. The highest BCUT2D eigenvalue weighted by atomic mass is 16.3. The van der Waals surface area contributed by atoms with E-state index in [0.717, 1.165) is 22.4 Å². The number of nitrogens with zero attached hydrogens (tertiary/aromatic N) is 2. The molecular formula is C17H24N2O. The maximum Gasteiger partial charge on any atom is 0.0851 e. The third kappa shape index (κ3) is 3.10. The van der Waals surface area contributed by atoms with Crippen molar-refractivity contribution in [3.63, 3.8) is 0 Å². The Bertz CT molecular complexity index is 576. The second-order valence-corrected chi connectivity index (χ2v) is 5.91. The molecule has 1 aromatic heterocycles. The van der Waals surface area contributed by atoms with E-state index in [0.29, 0.717) is 12.5 Å². The van der Waals surface area contributed by atoms with Crippen molar-refractivity contribution in [3.05, 3.63) is 52.3 Å². The van der Waals surface area contributed by atoms with Crippen LogP contribution in [0.15, 0.2) is 24.4 Å². The van der Waals surface area contributed by atoms with Crippen LogP contribution in [0.5, 0.6) is 0 Å². The molecule has 20 heavy (non-hydrogen) atoms. The molecule has 0 saturated carbocycles. The lowest BCUT2D eigenvalue weighted by atomic mass is 9.93. The summed E-state index contributed by atoms with van der Waals surface area (Å²) >= 11 is 0. The Labute approximate surface area is 121 Å². The summed E-state index contributed by atoms with van der Waals surface area (Å²) in [6, 6.07) is 6.59. The van der Waals surface area contributed by atoms with E-state index in [-0.39, 0.29) is 0 Å². The van der Waals surface area contributed by atoms with Gasteiger partial charge in [0.1, 0.15) is 0 Å². The van der Waals surface area contributed by atoms with Gasteiger partial charge < -0.3 is 5.11 Å². The van der Waals surface area contributed by atoms with Crippen molar-refractivity contribution in [2.75, 3.05) is 0 Å². The molecule has 0 spiro atoms. The highest BCUT2D eigenvalue weighted by molar-refractivity contribution is 5.39. The molecule has 1 unspecified atom stereocenters. The van der Waals surface area contributed by atoms with Crippen LogP contribution < -0.4 is 0 Å². The van der Waals surface area contributed by atoms with E-state index >= 15 is 0 Å². The Morgan fingerprint density at radius 2 is 1.75 bits per heavy atom. The molecule has 0 amide bonds. The highest BCUT2D eigenvalue weighted by Crippen LogP contribution is 2.26. The molecule has 0 fully saturated rings. The molecule has 3 heteroatoms. The van der Waals surface area contributed by atoms with Crippen LogP contribution in [0.2, 0.25) is 0 Å². The molecule has 0 bridgehead atoms. The summed E-state index contributed by atoms with van der Waals surface area (Å²) in [6.45, 7) is 10.4. The number of hydrogen-bond acceptors (Lipinski definition) is 2. The third-order valence-electron chi connectivity index (χ3n) is 3.67. The van der Waals surface area contributed by atoms with Gasteiger partial charge in [0.25, 0.3) is 0 Å². The second kappa shape index (κ2) is 5.80. The second-order valence-electron chi connectivity index (χ2n) is 5.91. The van der Waals surface area contributed by atoms with Gasteiger partial charge in [-0.25, -0.2) is 0 Å². The standard InChI is InChI=1S/C17H24N2O/c1-11(2)19-7-6-15(18-19)10-16(20)17-13(4)8-12(3)9-14(17)5/h6-9,11,16,20H,10H2,1-5H3. The van der Waals surface area contributed by atoms with Crippen molar-refractivity contribution in [2.45, 2.75) is 53.2 Å². The van der Waals surface area contributed by atoms with Crippen LogP contribution in [0.1, 0.15) is 53.9 Å². The number of aliphatic hydroxyl groups excluding tert-OH is 1. The smallest absolute Gasteiger partial charge is 0.0851 e. The predicted molar refractivity (Wildman–Crippen MR) is 81.9 cm³/mol. The number of benzene rings is 1. The van der Waals surface area contributed by atoms with Crippen LogP contribution in [0.25, 0.3) is 0 Å². The third-order valence-corrected chi connectivity index (χ3v) is 3.67. The predicted octanol–water partition coefficient (Wildman–Crippen LogP) is 3.67. The Hall–Kier alpha value is -1.61. The van der Waals surface area contributed by atoms with Crippen molar-refractivity contribution in [1.29, 1.82) is 0 Å². The lowest BCUT2D eigenvalue weighted by Crippen LogP contribution is -2.08. The summed E-state index contributed by atoms with van der Waals surface area (Å²) in [4.78, 5) is 0. The van der Waals surface area contributed by atoms with Crippen molar-refractivity contribution < 1.29 is 5.11 Å². The number of aromatic nitrogens is 2. The molecule has 0 saturated heterocycles. The van der Waals surface area contributed by atoms with E-state index in [1.54, 1.807) is 0 Å². The topological polar surface area (TPSA) is 38.0 Å². The molecule has 2 aromatic rings. The van der Waals surface area contributed by atoms with Crippen LogP contribution in [0.3, 0.4) is 0 Å². The minimum absolute atomic E-state index is 0.351. The van der Waals surface area contributed by atoms with Crippen LogP contribution in [0.4, 0.5) is 0 Å². The summed E-state index contributed by atoms with van der Waals surface area (Å²) in [5.74, 6) is 0. The van der Waals surface area contributed by atoms with Gasteiger partial charge in [-0.2, -0.15) is 5.10 Å². The quantitative estimate of drug-likeness (QED) is 0.922. The van der Waals surface area contributed by atoms with Crippen LogP contribution in [-0.2, 0) is 6.42 Å². The number of hydrogen-bond donors (Lipinski definition) is 1. The van der Waals surface area contributed by atoms with Crippen LogP contribution in [0, 0.1) is 20.8 Å². The zero-order chi connectivity index (χ0) is 14.9. The van der Waals surface area contributed by atoms with Gasteiger partial charge in [0.15, 0.2) is 0 Å². The zero-order valence-electron chi connectivity index (χ0n) is 13.0. The number of rotatable bonds is 4. The molecule has 1 heterocycles. The minimum atomic E-state index is -0.494. The molecule has 0 radical (unpaired) electrons. The van der Waals surface area contributed by atoms with Crippen molar-refractivity contribution >= 4 is 0 Å². The first-order valence-corrected chi connectivity index (χ1v) is 7.18. The summed E-state index contributed by atoms with van der Waals surface area (Å²) in [7, 11) is 0. The monoisotopic (exact) mass is 272 g/mol. The van der Waals surface area contributed by atoms with Gasteiger partial charge in [-0.05, 0) is 57.4 Å². The molecule has 0 aliphatic heterocycles. The van der Waals surface area contributed by atoms with Gasteiger partial charge in [0, 0.05) is 18.7 Å². The van der Waals surface area contributed by atoms with Crippen molar-refractivity contribution in [3.8, 4) is 0 Å². The molecule has 1 N–H and O–H groups in total. The van der Waals surface area contributed by atoms with Crippen molar-refractivity contribution in [1.82, 2.24) is 9.78 Å². The van der Waals surface area contributed by atoms with Crippen LogP contribution >= 0.6 is 0 Å². The fraction of sp³-hybridized carbons (Fsp3) is 0.471. The summed E-state index contributed by atoms with van der Waals surface area (Å²) < 4.78 is 1.93. The average Bonchev–Trinajstić information content (AvgIpc) is 2.75. The van der Waals surface area contributed by atoms with Crippen LogP contribution in [-0.4, -0.2) is 14.9 Å². The summed E-state index contributed by atoms with van der Waals surface area (Å²) in [5, 5.41) is 15.0. The Morgan fingerprint density at radius 1 is 1.15 bits per heavy atom. The van der Waals surface area contributed by atoms with Gasteiger partial charge in [-0.15, -0.1) is 0 Å². The largest absolute Gasteiger partial charge is 0.388 e. The highest BCUT2D eigenvalue weighted by Gasteiger charge is 2.16. The van der Waals surface area contributed by atoms with Gasteiger partial charge >= 0.3 is 0 Å². The van der Waals surface area contributed by atoms with E-state index in [9.17, 15) is 5.11 Å². The van der Waals surface area contributed by atoms with Gasteiger partial charge in [0.05, 0.1) is 11.8 Å². The fourth-order valence-electron chi connectivity index (χ4n) is 2.79. The zero-order valence-corrected chi connectivity index (χ0v) is 13.0. The Kier molecular flexibility index (Phi) is 4.29. The summed E-state index contributed by atoms with van der Waals surface area (Å²) in [5.41, 5.74) is 5.51. The normalized spacial score (nSPS) is 12.9. The maximum absolute atomic E-state index is 10.5. The maximum atomic E-state index is 10.5. The van der Waals surface area contributed by atoms with E-state index in [4.69, 9.17) is 0 Å². The lowest BCUT2D eigenvalue weighted by molar-refractivity contribution is 0.175. The fourth-order valence-corrected chi connectivity index (χ4v) is 2.79. The van der Waals surface area contributed by atoms with E-state index in [2.05, 4.69) is 51.9 Å². The average molecular weight is 272 g/mol. The van der Waals surface area contributed by atoms with Gasteiger partial charge in [0.2, 0.25) is 0 Å². The van der Waals surface area contributed by atoms with E-state index < -0.39 is 6.10 Å². The number of aryl methyl sites for hydroxylation is 3. The Balaban J connectivity index is 2.21. The van der Waals surface area contributed by atoms with Gasteiger partial charge in [-0.1, -0.05) is 17.7 Å². The number of aliphatic hydroxyl groups is 1. The minimum Gasteiger partial charge on any atom is -0.388 e. The Morgan fingerprint density at radius 3 is 2.25 bits per heavy atom. The van der Waals surface area contributed by atoms with Gasteiger partial charge in [-0.3, -0.25) is 4.68 Å². The first-order chi connectivity index (χ1) is 9.38.